The number of rotatable bonds is 7. The largest absolute Gasteiger partial charge is 0.497 e. The van der Waals surface area contributed by atoms with Gasteiger partial charge in [-0.1, -0.05) is 0 Å². The van der Waals surface area contributed by atoms with Crippen LogP contribution in [0.4, 0.5) is 17.1 Å². The fraction of sp³-hybridized carbons (Fsp3) is 0.292. The first-order chi connectivity index (χ1) is 15.2. The van der Waals surface area contributed by atoms with Gasteiger partial charge in [0.1, 0.15) is 5.75 Å². The van der Waals surface area contributed by atoms with Gasteiger partial charge in [0.25, 0.3) is 5.91 Å². The predicted octanol–water partition coefficient (Wildman–Crippen LogP) is 4.07. The Bertz CT molecular complexity index is 986. The molecule has 0 aliphatic carbocycles. The lowest BCUT2D eigenvalue weighted by Gasteiger charge is -2.33. The van der Waals surface area contributed by atoms with E-state index in [1.807, 2.05) is 18.5 Å². The summed E-state index contributed by atoms with van der Waals surface area (Å²) in [6.45, 7) is 2.93. The number of aromatic nitrogens is 2. The van der Waals surface area contributed by atoms with Crippen molar-refractivity contribution < 1.29 is 9.53 Å². The molecule has 7 nitrogen and oxygen atoms in total. The Labute approximate surface area is 182 Å². The highest BCUT2D eigenvalue weighted by Crippen LogP contribution is 2.25. The van der Waals surface area contributed by atoms with Crippen LogP contribution in [0.1, 0.15) is 23.2 Å². The molecule has 1 aliphatic heterocycles. The van der Waals surface area contributed by atoms with Gasteiger partial charge in [-0.3, -0.25) is 14.8 Å². The van der Waals surface area contributed by atoms with Crippen LogP contribution in [0.3, 0.4) is 0 Å². The second-order valence-electron chi connectivity index (χ2n) is 7.62. The van der Waals surface area contributed by atoms with Crippen molar-refractivity contribution in [2.75, 3.05) is 42.3 Å². The molecule has 31 heavy (non-hydrogen) atoms. The number of carbonyl (C=O) groups excluding carboxylic acids is 1. The Balaban J connectivity index is 1.32. The van der Waals surface area contributed by atoms with Crippen molar-refractivity contribution in [2.45, 2.75) is 12.8 Å². The summed E-state index contributed by atoms with van der Waals surface area (Å²) in [7, 11) is 1.60. The van der Waals surface area contributed by atoms with Gasteiger partial charge in [-0.2, -0.15) is 0 Å². The summed E-state index contributed by atoms with van der Waals surface area (Å²) in [5.41, 5.74) is 3.36. The number of pyridine rings is 2. The molecule has 7 heteroatoms. The van der Waals surface area contributed by atoms with Crippen LogP contribution in [0.25, 0.3) is 0 Å². The van der Waals surface area contributed by atoms with Crippen LogP contribution in [-0.4, -0.2) is 42.6 Å². The van der Waals surface area contributed by atoms with Gasteiger partial charge in [-0.25, -0.2) is 0 Å². The zero-order valence-corrected chi connectivity index (χ0v) is 17.6. The highest BCUT2D eigenvalue weighted by molar-refractivity contribution is 6.05. The van der Waals surface area contributed by atoms with Gasteiger partial charge in [-0.05, 0) is 61.2 Å². The van der Waals surface area contributed by atoms with Gasteiger partial charge in [0.2, 0.25) is 0 Å². The molecular weight excluding hydrogens is 390 g/mol. The third-order valence-corrected chi connectivity index (χ3v) is 5.65. The lowest BCUT2D eigenvalue weighted by molar-refractivity contribution is 0.102. The molecule has 0 atom stereocenters. The lowest BCUT2D eigenvalue weighted by atomic mass is 9.96. The zero-order chi connectivity index (χ0) is 21.5. The zero-order valence-electron chi connectivity index (χ0n) is 17.6. The maximum atomic E-state index is 12.6. The molecule has 3 heterocycles. The molecule has 0 radical (unpaired) electrons. The highest BCUT2D eigenvalue weighted by atomic mass is 16.5. The van der Waals surface area contributed by atoms with Crippen LogP contribution in [0.15, 0.2) is 67.3 Å². The number of anilines is 3. The van der Waals surface area contributed by atoms with E-state index in [1.165, 1.54) is 5.69 Å². The maximum absolute atomic E-state index is 12.6. The third kappa shape index (κ3) is 5.31. The summed E-state index contributed by atoms with van der Waals surface area (Å²) >= 11 is 0. The monoisotopic (exact) mass is 417 g/mol. The van der Waals surface area contributed by atoms with Crippen molar-refractivity contribution in [3.63, 3.8) is 0 Å². The average Bonchev–Trinajstić information content (AvgIpc) is 2.84. The van der Waals surface area contributed by atoms with Gasteiger partial charge < -0.3 is 20.3 Å². The Morgan fingerprint density at radius 2 is 1.71 bits per heavy atom. The summed E-state index contributed by atoms with van der Waals surface area (Å²) in [4.78, 5) is 23.3. The number of benzene rings is 1. The molecule has 0 unspecified atom stereocenters. The summed E-state index contributed by atoms with van der Waals surface area (Å²) in [5, 5.41) is 6.47. The molecule has 3 aromatic rings. The van der Waals surface area contributed by atoms with Crippen molar-refractivity contribution >= 4 is 23.0 Å². The molecule has 4 rings (SSSR count). The van der Waals surface area contributed by atoms with Gasteiger partial charge in [-0.15, -0.1) is 0 Å². The first-order valence-corrected chi connectivity index (χ1v) is 10.5. The van der Waals surface area contributed by atoms with Crippen LogP contribution in [0.5, 0.6) is 5.75 Å². The van der Waals surface area contributed by atoms with E-state index in [9.17, 15) is 4.79 Å². The SMILES string of the molecule is COc1ccc(C(=O)Nc2cnccc2NCC2CCN(c3ccncc3)CC2)cc1. The molecular formula is C24H27N5O2. The number of carbonyl (C=O) groups is 1. The highest BCUT2D eigenvalue weighted by Gasteiger charge is 2.20. The second-order valence-corrected chi connectivity index (χ2v) is 7.62. The molecule has 2 N–H and O–H groups in total. The van der Waals surface area contributed by atoms with E-state index in [4.69, 9.17) is 4.74 Å². The van der Waals surface area contributed by atoms with E-state index in [1.54, 1.807) is 43.8 Å². The number of nitrogens with zero attached hydrogens (tertiary/aromatic N) is 3. The number of amides is 1. The van der Waals surface area contributed by atoms with Crippen molar-refractivity contribution in [3.8, 4) is 5.75 Å². The summed E-state index contributed by atoms with van der Waals surface area (Å²) in [6, 6.07) is 13.1. The Morgan fingerprint density at radius 1 is 1.00 bits per heavy atom. The Kier molecular flexibility index (Phi) is 6.62. The minimum atomic E-state index is -0.177. The first-order valence-electron chi connectivity index (χ1n) is 10.5. The summed E-state index contributed by atoms with van der Waals surface area (Å²) in [5.74, 6) is 1.12. The minimum Gasteiger partial charge on any atom is -0.497 e. The quantitative estimate of drug-likeness (QED) is 0.603. The fourth-order valence-corrected chi connectivity index (χ4v) is 3.79. The van der Waals surface area contributed by atoms with Crippen LogP contribution in [-0.2, 0) is 0 Å². The molecule has 0 bridgehead atoms. The number of nitrogens with one attached hydrogen (secondary N) is 2. The van der Waals surface area contributed by atoms with E-state index in [-0.39, 0.29) is 5.91 Å². The molecule has 1 amide bonds. The minimum absolute atomic E-state index is 0.177. The Morgan fingerprint density at radius 3 is 2.42 bits per heavy atom. The fourth-order valence-electron chi connectivity index (χ4n) is 3.79. The molecule has 2 aromatic heterocycles. The maximum Gasteiger partial charge on any atom is 0.255 e. The summed E-state index contributed by atoms with van der Waals surface area (Å²) in [6.07, 6.45) is 9.33. The van der Waals surface area contributed by atoms with Gasteiger partial charge in [0, 0.05) is 49.5 Å². The van der Waals surface area contributed by atoms with Crippen molar-refractivity contribution in [2.24, 2.45) is 5.92 Å². The van der Waals surface area contributed by atoms with E-state index in [2.05, 4.69) is 37.6 Å². The van der Waals surface area contributed by atoms with Gasteiger partial charge in [0.05, 0.1) is 24.7 Å². The van der Waals surface area contributed by atoms with Crippen LogP contribution in [0.2, 0.25) is 0 Å². The first kappa shape index (κ1) is 20.7. The third-order valence-electron chi connectivity index (χ3n) is 5.65. The van der Waals surface area contributed by atoms with E-state index in [0.717, 1.165) is 43.9 Å². The van der Waals surface area contributed by atoms with Crippen LogP contribution in [0, 0.1) is 5.92 Å². The van der Waals surface area contributed by atoms with Crippen LogP contribution >= 0.6 is 0 Å². The summed E-state index contributed by atoms with van der Waals surface area (Å²) < 4.78 is 5.15. The van der Waals surface area contributed by atoms with Gasteiger partial charge >= 0.3 is 0 Å². The molecule has 0 spiro atoms. The predicted molar refractivity (Wildman–Crippen MR) is 123 cm³/mol. The normalized spacial score (nSPS) is 14.2. The number of methoxy groups -OCH3 is 1. The van der Waals surface area contributed by atoms with Crippen molar-refractivity contribution in [3.05, 3.63) is 72.8 Å². The second kappa shape index (κ2) is 9.93. The molecule has 1 saturated heterocycles. The van der Waals surface area contributed by atoms with Gasteiger partial charge in [0.15, 0.2) is 0 Å². The molecule has 1 fully saturated rings. The molecule has 160 valence electrons. The number of hydrogen-bond acceptors (Lipinski definition) is 6. The topological polar surface area (TPSA) is 79.4 Å². The average molecular weight is 418 g/mol. The Hall–Kier alpha value is -3.61. The van der Waals surface area contributed by atoms with E-state index >= 15 is 0 Å². The van der Waals surface area contributed by atoms with Crippen LogP contribution < -0.4 is 20.3 Å². The number of hydrogen-bond donors (Lipinski definition) is 2. The van der Waals surface area contributed by atoms with E-state index in [0.29, 0.717) is 17.2 Å². The molecule has 1 aromatic carbocycles. The smallest absolute Gasteiger partial charge is 0.255 e. The number of ether oxygens (including phenoxy) is 1. The van der Waals surface area contributed by atoms with Crippen molar-refractivity contribution in [1.82, 2.24) is 9.97 Å². The molecule has 1 aliphatic rings. The standard InChI is InChI=1S/C24H27N5O2/c1-31-21-4-2-19(3-5-21)24(30)28-23-17-26-13-8-22(23)27-16-18-9-14-29(15-10-18)20-6-11-25-12-7-20/h2-8,11-13,17-18H,9-10,14-16H2,1H3,(H,26,27)(H,28,30). The van der Waals surface area contributed by atoms with E-state index < -0.39 is 0 Å². The van der Waals surface area contributed by atoms with Crippen molar-refractivity contribution in [1.29, 1.82) is 0 Å². The lowest BCUT2D eigenvalue weighted by Crippen LogP contribution is -2.35. The number of piperidine rings is 1. The molecule has 0 saturated carbocycles.